The van der Waals surface area contributed by atoms with Gasteiger partial charge in [-0.2, -0.15) is 0 Å². The number of halogens is 2. The number of carbonyl (C=O) groups is 2. The summed E-state index contributed by atoms with van der Waals surface area (Å²) in [6, 6.07) is 16.1. The zero-order valence-corrected chi connectivity index (χ0v) is 26.8. The van der Waals surface area contributed by atoms with Gasteiger partial charge in [0.05, 0.1) is 28.8 Å². The Morgan fingerprint density at radius 3 is 2.22 bits per heavy atom. The molecule has 0 bridgehead atoms. The van der Waals surface area contributed by atoms with E-state index in [1.807, 2.05) is 72.3 Å². The SMILES string of the molecule is CC(F)F.Cc1cc(C(=O)N2CCN(C3CCN(C)CC3)CC2)ccc1Nc1cc2c(cn1)N(C)C(=O)c1ccccc1N2C. The number of carbonyl (C=O) groups excluding carboxylic acids is 2. The number of aryl methyl sites for hydroxylation is 1. The van der Waals surface area contributed by atoms with Crippen LogP contribution in [0, 0.1) is 6.92 Å². The third-order valence-corrected chi connectivity index (χ3v) is 8.93. The minimum absolute atomic E-state index is 0.0620. The van der Waals surface area contributed by atoms with Crippen molar-refractivity contribution in [1.29, 1.82) is 0 Å². The van der Waals surface area contributed by atoms with Gasteiger partial charge in [0.2, 0.25) is 6.43 Å². The molecule has 2 saturated heterocycles. The van der Waals surface area contributed by atoms with E-state index in [2.05, 4.69) is 27.1 Å². The fourth-order valence-electron chi connectivity index (χ4n) is 6.31. The van der Waals surface area contributed by atoms with Crippen LogP contribution in [0.2, 0.25) is 0 Å². The number of nitrogens with one attached hydrogen (secondary N) is 1. The predicted molar refractivity (Wildman–Crippen MR) is 176 cm³/mol. The number of piperazine rings is 1. The topological polar surface area (TPSA) is 75.3 Å². The van der Waals surface area contributed by atoms with Crippen molar-refractivity contribution >= 4 is 40.4 Å². The number of amides is 2. The van der Waals surface area contributed by atoms with Crippen molar-refractivity contribution in [1.82, 2.24) is 19.7 Å². The van der Waals surface area contributed by atoms with Crippen LogP contribution < -0.4 is 15.1 Å². The molecular weight excluding hydrogens is 576 g/mol. The van der Waals surface area contributed by atoms with Gasteiger partial charge in [-0.1, -0.05) is 12.1 Å². The molecule has 3 aliphatic heterocycles. The molecule has 2 amide bonds. The van der Waals surface area contributed by atoms with Gasteiger partial charge in [-0.25, -0.2) is 13.8 Å². The third-order valence-electron chi connectivity index (χ3n) is 8.93. The third kappa shape index (κ3) is 7.26. The lowest BCUT2D eigenvalue weighted by Gasteiger charge is -2.42. The number of benzene rings is 2. The summed E-state index contributed by atoms with van der Waals surface area (Å²) in [5.74, 6) is 0.704. The zero-order chi connectivity index (χ0) is 32.2. The Morgan fingerprint density at radius 1 is 0.889 bits per heavy atom. The Labute approximate surface area is 264 Å². The van der Waals surface area contributed by atoms with Crippen LogP contribution in [0.15, 0.2) is 54.7 Å². The number of alkyl halides is 2. The normalized spacial score (nSPS) is 17.8. The highest BCUT2D eigenvalue weighted by atomic mass is 19.3. The number of likely N-dealkylation sites (tertiary alicyclic amines) is 1. The molecule has 0 spiro atoms. The number of piperidine rings is 1. The van der Waals surface area contributed by atoms with Crippen LogP contribution in [0.5, 0.6) is 0 Å². The molecule has 4 heterocycles. The van der Waals surface area contributed by atoms with Gasteiger partial charge < -0.3 is 24.9 Å². The van der Waals surface area contributed by atoms with Crippen LogP contribution >= 0.6 is 0 Å². The lowest BCUT2D eigenvalue weighted by molar-refractivity contribution is 0.0475. The van der Waals surface area contributed by atoms with Crippen LogP contribution in [-0.4, -0.2) is 104 Å². The fraction of sp³-hybridized carbons (Fsp3) is 0.441. The summed E-state index contributed by atoms with van der Waals surface area (Å²) in [7, 11) is 5.94. The number of hydrogen-bond acceptors (Lipinski definition) is 7. The molecular formula is C34H43F2N7O2. The Hall–Kier alpha value is -4.09. The number of para-hydroxylation sites is 1. The number of pyridine rings is 1. The van der Waals surface area contributed by atoms with Crippen LogP contribution in [0.25, 0.3) is 0 Å². The van der Waals surface area contributed by atoms with Gasteiger partial charge in [0.1, 0.15) is 5.82 Å². The average Bonchev–Trinajstić information content (AvgIpc) is 3.11. The van der Waals surface area contributed by atoms with E-state index in [1.54, 1.807) is 18.1 Å². The summed E-state index contributed by atoms with van der Waals surface area (Å²) >= 11 is 0. The van der Waals surface area contributed by atoms with Crippen molar-refractivity contribution < 1.29 is 18.4 Å². The number of anilines is 5. The summed E-state index contributed by atoms with van der Waals surface area (Å²) in [4.78, 5) is 41.7. The Balaban J connectivity index is 0.000000945. The first-order chi connectivity index (χ1) is 21.5. The van der Waals surface area contributed by atoms with Crippen LogP contribution in [0.1, 0.15) is 46.0 Å². The summed E-state index contributed by atoms with van der Waals surface area (Å²) < 4.78 is 20.7. The minimum Gasteiger partial charge on any atom is -0.342 e. The van der Waals surface area contributed by atoms with Crippen LogP contribution in [0.4, 0.5) is 37.3 Å². The Bertz CT molecular complexity index is 1520. The standard InChI is InChI=1S/C32H39N7O2.C2H4F2/c1-22-19-23(31(40)39-17-15-38(16-18-39)24-11-13-35(2)14-12-24)9-10-26(22)34-30-20-28-29(21-33-30)37(4)32(41)25-7-5-6-8-27(25)36(28)3;1-2(3)4/h5-10,19-21,24H,11-18H2,1-4H3,(H,33,34);2H,1H3. The van der Waals surface area contributed by atoms with E-state index < -0.39 is 6.43 Å². The summed E-state index contributed by atoms with van der Waals surface area (Å²) in [5, 5.41) is 3.43. The first kappa shape index (κ1) is 32.3. The van der Waals surface area contributed by atoms with Gasteiger partial charge in [-0.05, 0) is 82.7 Å². The molecule has 240 valence electrons. The Morgan fingerprint density at radius 2 is 1.56 bits per heavy atom. The molecule has 1 aromatic heterocycles. The first-order valence-electron chi connectivity index (χ1n) is 15.5. The van der Waals surface area contributed by atoms with Crippen molar-refractivity contribution in [3.8, 4) is 0 Å². The highest BCUT2D eigenvalue weighted by molar-refractivity contribution is 6.13. The lowest BCUT2D eigenvalue weighted by atomic mass is 10.0. The van der Waals surface area contributed by atoms with E-state index in [1.165, 1.54) is 12.8 Å². The zero-order valence-electron chi connectivity index (χ0n) is 26.8. The Kier molecular flexibility index (Phi) is 9.99. The number of aromatic nitrogens is 1. The second-order valence-corrected chi connectivity index (χ2v) is 12.0. The number of nitrogens with zero attached hydrogens (tertiary/aromatic N) is 6. The second kappa shape index (κ2) is 13.9. The van der Waals surface area contributed by atoms with Crippen LogP contribution in [0.3, 0.4) is 0 Å². The van der Waals surface area contributed by atoms with E-state index in [4.69, 9.17) is 0 Å². The summed E-state index contributed by atoms with van der Waals surface area (Å²) in [6.07, 6.45) is 2.00. The van der Waals surface area contributed by atoms with Crippen molar-refractivity contribution in [2.24, 2.45) is 0 Å². The monoisotopic (exact) mass is 619 g/mol. The minimum atomic E-state index is -2.17. The van der Waals surface area contributed by atoms with Gasteiger partial charge in [-0.3, -0.25) is 14.5 Å². The van der Waals surface area contributed by atoms with E-state index in [0.717, 1.165) is 74.5 Å². The molecule has 45 heavy (non-hydrogen) atoms. The van der Waals surface area contributed by atoms with Crippen molar-refractivity contribution in [3.05, 3.63) is 71.4 Å². The lowest BCUT2D eigenvalue weighted by Crippen LogP contribution is -2.54. The molecule has 0 unspecified atom stereocenters. The van der Waals surface area contributed by atoms with Gasteiger partial charge in [0.15, 0.2) is 0 Å². The van der Waals surface area contributed by atoms with Crippen molar-refractivity contribution in [2.45, 2.75) is 39.2 Å². The molecule has 6 rings (SSSR count). The quantitative estimate of drug-likeness (QED) is 0.407. The fourth-order valence-corrected chi connectivity index (χ4v) is 6.31. The van der Waals surface area contributed by atoms with Gasteiger partial charge in [0, 0.05) is 63.6 Å². The molecule has 9 nitrogen and oxygen atoms in total. The molecule has 0 radical (unpaired) electrons. The van der Waals surface area contributed by atoms with Gasteiger partial charge >= 0.3 is 0 Å². The van der Waals surface area contributed by atoms with Crippen LogP contribution in [-0.2, 0) is 0 Å². The molecule has 0 saturated carbocycles. The largest absolute Gasteiger partial charge is 0.342 e. The summed E-state index contributed by atoms with van der Waals surface area (Å²) in [5.41, 5.74) is 5.71. The first-order valence-corrected chi connectivity index (χ1v) is 15.5. The maximum Gasteiger partial charge on any atom is 0.260 e. The number of hydrogen-bond donors (Lipinski definition) is 1. The molecule has 0 aliphatic carbocycles. The molecule has 3 aliphatic rings. The van der Waals surface area contributed by atoms with E-state index >= 15 is 0 Å². The number of fused-ring (bicyclic) bond motifs is 2. The molecule has 2 aromatic carbocycles. The summed E-state index contributed by atoms with van der Waals surface area (Å²) in [6.45, 7) is 8.60. The van der Waals surface area contributed by atoms with Gasteiger partial charge in [-0.15, -0.1) is 0 Å². The highest BCUT2D eigenvalue weighted by Gasteiger charge is 2.29. The van der Waals surface area contributed by atoms with E-state index in [-0.39, 0.29) is 11.8 Å². The predicted octanol–water partition coefficient (Wildman–Crippen LogP) is 5.61. The highest BCUT2D eigenvalue weighted by Crippen LogP contribution is 2.40. The van der Waals surface area contributed by atoms with Gasteiger partial charge in [0.25, 0.3) is 11.8 Å². The smallest absolute Gasteiger partial charge is 0.260 e. The maximum absolute atomic E-state index is 13.4. The second-order valence-electron chi connectivity index (χ2n) is 12.0. The molecule has 1 N–H and O–H groups in total. The number of rotatable bonds is 4. The average molecular weight is 620 g/mol. The van der Waals surface area contributed by atoms with E-state index in [9.17, 15) is 18.4 Å². The molecule has 2 fully saturated rings. The van der Waals surface area contributed by atoms with E-state index in [0.29, 0.717) is 23.0 Å². The molecule has 0 atom stereocenters. The van der Waals surface area contributed by atoms with Crippen molar-refractivity contribution in [3.63, 3.8) is 0 Å². The molecule has 11 heteroatoms. The van der Waals surface area contributed by atoms with Crippen molar-refractivity contribution in [2.75, 3.05) is 75.5 Å². The molecule has 3 aromatic rings. The maximum atomic E-state index is 13.4.